The van der Waals surface area contributed by atoms with Crippen LogP contribution in [0.4, 0.5) is 34.1 Å². The normalized spacial score (nSPS) is 10.5. The van der Waals surface area contributed by atoms with Gasteiger partial charge in [0.1, 0.15) is 46.1 Å². The van der Waals surface area contributed by atoms with E-state index < -0.39 is 26.8 Å². The van der Waals surface area contributed by atoms with E-state index in [4.69, 9.17) is 4.74 Å². The summed E-state index contributed by atoms with van der Waals surface area (Å²) < 4.78 is 7.55. The Balaban J connectivity index is 0.000000374. The monoisotopic (exact) mass is 799 g/mol. The van der Waals surface area contributed by atoms with Crippen molar-refractivity contribution in [3.63, 3.8) is 0 Å². The van der Waals surface area contributed by atoms with Gasteiger partial charge in [0, 0.05) is 65.3 Å². The number of nitro benzene ring substituents is 2. The Labute approximate surface area is 321 Å². The number of hydrogen-bond donors (Lipinski definition) is 3. The van der Waals surface area contributed by atoms with Crippen molar-refractivity contribution in [1.29, 1.82) is 10.5 Å². The number of benzene rings is 2. The Hall–Kier alpha value is -7.23. The molecule has 0 amide bonds. The molecule has 0 spiro atoms. The van der Waals surface area contributed by atoms with E-state index in [1.54, 1.807) is 6.07 Å². The first kappa shape index (κ1) is 43.9. The van der Waals surface area contributed by atoms with Crippen LogP contribution in [-0.4, -0.2) is 41.4 Å². The second kappa shape index (κ2) is 19.6. The molecule has 4 aromatic rings. The fourth-order valence-electron chi connectivity index (χ4n) is 4.74. The van der Waals surface area contributed by atoms with E-state index in [0.29, 0.717) is 13.0 Å². The number of hydrogen-bond acceptors (Lipinski definition) is 16. The summed E-state index contributed by atoms with van der Waals surface area (Å²) in [4.78, 5) is 45.2. The first-order valence-electron chi connectivity index (χ1n) is 15.6. The third kappa shape index (κ3) is 9.81. The first-order valence-corrected chi connectivity index (χ1v) is 15.6. The number of methoxy groups -OCH3 is 1. The van der Waals surface area contributed by atoms with E-state index in [1.807, 2.05) is 13.0 Å². The number of nitrogens with zero attached hydrogens (tertiary/aromatic N) is 10. The zero-order valence-corrected chi connectivity index (χ0v) is 30.6. The summed E-state index contributed by atoms with van der Waals surface area (Å²) in [5, 5.41) is 85.6. The number of nitro groups is 2. The number of ether oxygens (including phenoxy) is 1. The number of phenolic OH excluding ortho intramolecular Hbond substituents is 2. The van der Waals surface area contributed by atoms with Crippen LogP contribution < -0.4 is 15.9 Å². The van der Waals surface area contributed by atoms with Gasteiger partial charge in [0.05, 0.1) is 17.0 Å². The molecule has 0 saturated carbocycles. The minimum Gasteiger partial charge on any atom is -0.506 e. The molecule has 2 heterocycles. The molecule has 1 radical (unpaired) electrons. The summed E-state index contributed by atoms with van der Waals surface area (Å²) in [5.41, 5.74) is -2.10. The maximum Gasteiger partial charge on any atom is 0.271 e. The third-order valence-electron chi connectivity index (χ3n) is 7.61. The van der Waals surface area contributed by atoms with Gasteiger partial charge in [-0.2, -0.15) is 10.5 Å². The van der Waals surface area contributed by atoms with Crippen LogP contribution in [0.1, 0.15) is 42.0 Å². The first-order chi connectivity index (χ1) is 25.7. The Morgan fingerprint density at radius 2 is 1.29 bits per heavy atom. The second-order valence-electron chi connectivity index (χ2n) is 11.0. The SMILES string of the molecule is C=CCn1c(O)c(N=Nc2cc([N+](=O)[O-])ccc2O)c(C)c(C#N)c1=O.CCCCn1c(OC)c(N=Nc2cc([N+](=O)[O-])ccc2O)c(C)c(C#N)c1=O.[Co]. The topological polar surface area (TPSA) is 297 Å². The molecule has 0 aliphatic rings. The number of azo groups is 2. The summed E-state index contributed by atoms with van der Waals surface area (Å²) in [6.07, 6.45) is 2.86. The van der Waals surface area contributed by atoms with Crippen molar-refractivity contribution >= 4 is 34.1 Å². The number of nitriles is 2. The Bertz CT molecular complexity index is 2410. The zero-order valence-electron chi connectivity index (χ0n) is 29.6. The van der Waals surface area contributed by atoms with Gasteiger partial charge in [-0.1, -0.05) is 19.4 Å². The molecule has 55 heavy (non-hydrogen) atoms. The van der Waals surface area contributed by atoms with Crippen LogP contribution in [-0.2, 0) is 29.9 Å². The van der Waals surface area contributed by atoms with Crippen molar-refractivity contribution in [2.24, 2.45) is 20.5 Å². The van der Waals surface area contributed by atoms with Crippen LogP contribution in [0.5, 0.6) is 23.3 Å². The molecule has 4 rings (SSSR count). The standard InChI is InChI=1S/C18H19N5O5.C16H13N5O5.Co/c1-4-5-8-22-17(25)13(10-19)11(2)16(18(22)28-3)21-20-14-9-12(23(26)27)6-7-15(14)24;1-3-6-20-15(23)11(8-17)9(2)14(16(20)24)19-18-12-7-10(21(25)26)4-5-13(12)22;/h6-7,9,24H,4-5,8H2,1-3H3;3-5,7,22,24H,1,6H2,2H3;. The average molecular weight is 800 g/mol. The average Bonchev–Trinajstić information content (AvgIpc) is 3.14. The molecule has 3 N–H and O–H groups in total. The van der Waals surface area contributed by atoms with Crippen LogP contribution >= 0.6 is 0 Å². The summed E-state index contributed by atoms with van der Waals surface area (Å²) in [6.45, 7) is 8.64. The van der Waals surface area contributed by atoms with Crippen molar-refractivity contribution in [1.82, 2.24) is 9.13 Å². The fraction of sp³-hybridized carbons (Fsp3) is 0.235. The quantitative estimate of drug-likeness (QED) is 0.0576. The number of rotatable bonds is 12. The van der Waals surface area contributed by atoms with Crippen LogP contribution in [0.25, 0.3) is 0 Å². The van der Waals surface area contributed by atoms with Gasteiger partial charge in [-0.25, -0.2) is 0 Å². The molecule has 0 aliphatic heterocycles. The molecule has 0 bridgehead atoms. The van der Waals surface area contributed by atoms with E-state index in [0.717, 1.165) is 47.4 Å². The molecule has 287 valence electrons. The van der Waals surface area contributed by atoms with Crippen molar-refractivity contribution in [3.8, 4) is 35.4 Å². The molecule has 2 aromatic carbocycles. The van der Waals surface area contributed by atoms with Crippen molar-refractivity contribution < 1.29 is 46.7 Å². The van der Waals surface area contributed by atoms with Gasteiger partial charge in [-0.05, 0) is 32.4 Å². The van der Waals surface area contributed by atoms with Crippen molar-refractivity contribution in [2.45, 2.75) is 46.7 Å². The summed E-state index contributed by atoms with van der Waals surface area (Å²) in [5.74, 6) is -1.08. The van der Waals surface area contributed by atoms with E-state index >= 15 is 0 Å². The largest absolute Gasteiger partial charge is 0.506 e. The number of allylic oxidation sites excluding steroid dienone is 1. The molecule has 0 aliphatic carbocycles. The van der Waals surface area contributed by atoms with Crippen molar-refractivity contribution in [3.05, 3.63) is 112 Å². The van der Waals surface area contributed by atoms with Gasteiger partial charge in [-0.3, -0.25) is 39.0 Å². The predicted octanol–water partition coefficient (Wildman–Crippen LogP) is 6.81. The van der Waals surface area contributed by atoms with E-state index in [2.05, 4.69) is 27.0 Å². The predicted molar refractivity (Wildman–Crippen MR) is 192 cm³/mol. The Morgan fingerprint density at radius 3 is 1.71 bits per heavy atom. The molecular weight excluding hydrogens is 767 g/mol. The molecule has 20 nitrogen and oxygen atoms in total. The minimum atomic E-state index is -0.709. The number of unbranched alkanes of at least 4 members (excludes halogenated alkanes) is 1. The fourth-order valence-corrected chi connectivity index (χ4v) is 4.74. The van der Waals surface area contributed by atoms with E-state index in [1.165, 1.54) is 31.6 Å². The number of pyridine rings is 2. The molecule has 21 heteroatoms. The molecule has 0 fully saturated rings. The van der Waals surface area contributed by atoms with Crippen LogP contribution in [0.15, 0.2) is 79.1 Å². The summed E-state index contributed by atoms with van der Waals surface area (Å²) >= 11 is 0. The van der Waals surface area contributed by atoms with Crippen molar-refractivity contribution in [2.75, 3.05) is 7.11 Å². The van der Waals surface area contributed by atoms with E-state index in [9.17, 15) is 55.7 Å². The van der Waals surface area contributed by atoms with Gasteiger partial charge in [0.25, 0.3) is 22.5 Å². The second-order valence-corrected chi connectivity index (χ2v) is 11.0. The van der Waals surface area contributed by atoms with Crippen LogP contribution in [0, 0.1) is 56.7 Å². The van der Waals surface area contributed by atoms with Gasteiger partial charge in [-0.15, -0.1) is 27.0 Å². The molecular formula is C34H32CoN10O10. The summed E-state index contributed by atoms with van der Waals surface area (Å²) in [7, 11) is 1.37. The molecule has 2 aromatic heterocycles. The van der Waals surface area contributed by atoms with Gasteiger partial charge in [0.15, 0.2) is 11.4 Å². The Morgan fingerprint density at radius 1 is 0.836 bits per heavy atom. The maximum absolute atomic E-state index is 12.6. The molecule has 0 atom stereocenters. The maximum atomic E-state index is 12.6. The van der Waals surface area contributed by atoms with Crippen LogP contribution in [0.3, 0.4) is 0 Å². The van der Waals surface area contributed by atoms with Gasteiger partial charge >= 0.3 is 0 Å². The number of aromatic hydroxyl groups is 3. The van der Waals surface area contributed by atoms with Gasteiger partial charge in [0.2, 0.25) is 11.8 Å². The number of phenols is 2. The van der Waals surface area contributed by atoms with Crippen LogP contribution in [0.2, 0.25) is 0 Å². The number of aromatic nitrogens is 2. The molecule has 0 unspecified atom stereocenters. The summed E-state index contributed by atoms with van der Waals surface area (Å²) in [6, 6.07) is 10.1. The minimum absolute atomic E-state index is 0. The zero-order chi connectivity index (χ0) is 40.3. The molecule has 0 saturated heterocycles. The Kier molecular flexibility index (Phi) is 15.6. The van der Waals surface area contributed by atoms with Gasteiger partial charge < -0.3 is 20.1 Å². The number of non-ortho nitro benzene ring substituents is 2. The van der Waals surface area contributed by atoms with E-state index in [-0.39, 0.29) is 97.1 Å². The third-order valence-corrected chi connectivity index (χ3v) is 7.61. The smallest absolute Gasteiger partial charge is 0.271 e.